The first-order valence-corrected chi connectivity index (χ1v) is 6.17. The van der Waals surface area contributed by atoms with Gasteiger partial charge in [0.2, 0.25) is 0 Å². The number of hydrogen-bond acceptors (Lipinski definition) is 5. The van der Waals surface area contributed by atoms with Gasteiger partial charge in [0.1, 0.15) is 13.3 Å². The van der Waals surface area contributed by atoms with Gasteiger partial charge in [0, 0.05) is 5.39 Å². The highest BCUT2D eigenvalue weighted by molar-refractivity contribution is 5.97. The van der Waals surface area contributed by atoms with Gasteiger partial charge in [-0.05, 0) is 18.6 Å². The Hall–Kier alpha value is -2.96. The molecule has 0 aliphatic carbocycles. The van der Waals surface area contributed by atoms with Crippen molar-refractivity contribution in [3.8, 4) is 0 Å². The Morgan fingerprint density at radius 1 is 1.33 bits per heavy atom. The lowest BCUT2D eigenvalue weighted by molar-refractivity contribution is -0.383. The fraction of sp³-hybridized carbons (Fsp3) is 0.143. The molecule has 0 aliphatic rings. The monoisotopic (exact) mass is 285 g/mol. The number of rotatable bonds is 2. The van der Waals surface area contributed by atoms with Gasteiger partial charge >= 0.3 is 5.69 Å². The zero-order valence-corrected chi connectivity index (χ0v) is 11.4. The molecule has 0 unspecified atom stereocenters. The Kier molecular flexibility index (Phi) is 2.83. The number of nitrogens with zero attached hydrogens (tertiary/aromatic N) is 3. The van der Waals surface area contributed by atoms with Crippen LogP contribution < -0.4 is 10.4 Å². The number of para-hydroxylation sites is 1. The predicted octanol–water partition coefficient (Wildman–Crippen LogP) is 1.82. The fourth-order valence-corrected chi connectivity index (χ4v) is 2.32. The SMILES string of the molecule is COn1cc([N+](=O)[O-])c2nc3c(C)cccc3cc2c1=O. The van der Waals surface area contributed by atoms with Crippen LogP contribution in [0.3, 0.4) is 0 Å². The Bertz CT molecular complexity index is 946. The lowest BCUT2D eigenvalue weighted by Gasteiger charge is -2.07. The van der Waals surface area contributed by atoms with E-state index in [4.69, 9.17) is 4.84 Å². The van der Waals surface area contributed by atoms with Gasteiger partial charge in [0.05, 0.1) is 15.8 Å². The van der Waals surface area contributed by atoms with Gasteiger partial charge in [-0.25, -0.2) is 4.98 Å². The number of hydrogen-bond donors (Lipinski definition) is 0. The van der Waals surface area contributed by atoms with Gasteiger partial charge in [-0.2, -0.15) is 0 Å². The Balaban J connectivity index is 2.57. The van der Waals surface area contributed by atoms with Crippen molar-refractivity contribution in [3.05, 3.63) is 56.5 Å². The van der Waals surface area contributed by atoms with E-state index >= 15 is 0 Å². The van der Waals surface area contributed by atoms with Gasteiger partial charge in [0.25, 0.3) is 5.56 Å². The first-order valence-electron chi connectivity index (χ1n) is 6.17. The molecule has 7 nitrogen and oxygen atoms in total. The average Bonchev–Trinajstić information content (AvgIpc) is 2.47. The van der Waals surface area contributed by atoms with E-state index in [2.05, 4.69) is 4.98 Å². The molecule has 0 N–H and O–H groups in total. The first-order chi connectivity index (χ1) is 10.0. The molecule has 21 heavy (non-hydrogen) atoms. The summed E-state index contributed by atoms with van der Waals surface area (Å²) in [5.41, 5.74) is 0.855. The lowest BCUT2D eigenvalue weighted by atomic mass is 10.1. The number of fused-ring (bicyclic) bond motifs is 2. The average molecular weight is 285 g/mol. The maximum Gasteiger partial charge on any atom is 0.315 e. The summed E-state index contributed by atoms with van der Waals surface area (Å²) < 4.78 is 0.837. The van der Waals surface area contributed by atoms with Crippen LogP contribution in [0.1, 0.15) is 5.56 Å². The molecule has 2 heterocycles. The summed E-state index contributed by atoms with van der Waals surface area (Å²) in [5, 5.41) is 12.1. The molecule has 0 atom stereocenters. The molecule has 0 bridgehead atoms. The highest BCUT2D eigenvalue weighted by Crippen LogP contribution is 2.25. The van der Waals surface area contributed by atoms with Crippen LogP contribution >= 0.6 is 0 Å². The quantitative estimate of drug-likeness (QED) is 0.407. The number of pyridine rings is 2. The largest absolute Gasteiger partial charge is 0.414 e. The van der Waals surface area contributed by atoms with Gasteiger partial charge in [-0.3, -0.25) is 14.9 Å². The minimum atomic E-state index is -0.575. The van der Waals surface area contributed by atoms with Gasteiger partial charge in [-0.1, -0.05) is 18.2 Å². The molecule has 0 radical (unpaired) electrons. The molecule has 3 rings (SSSR count). The van der Waals surface area contributed by atoms with Gasteiger partial charge in [-0.15, -0.1) is 4.73 Å². The van der Waals surface area contributed by atoms with Crippen LogP contribution in [-0.4, -0.2) is 21.7 Å². The third-order valence-electron chi connectivity index (χ3n) is 3.35. The summed E-state index contributed by atoms with van der Waals surface area (Å²) in [7, 11) is 1.27. The van der Waals surface area contributed by atoms with Crippen molar-refractivity contribution in [2.24, 2.45) is 0 Å². The molecule has 7 heteroatoms. The van der Waals surface area contributed by atoms with E-state index in [0.29, 0.717) is 5.52 Å². The van der Waals surface area contributed by atoms with E-state index in [1.165, 1.54) is 7.11 Å². The highest BCUT2D eigenvalue weighted by atomic mass is 16.7. The topological polar surface area (TPSA) is 87.3 Å². The highest BCUT2D eigenvalue weighted by Gasteiger charge is 2.20. The van der Waals surface area contributed by atoms with Crippen molar-refractivity contribution in [1.82, 2.24) is 9.71 Å². The van der Waals surface area contributed by atoms with E-state index in [-0.39, 0.29) is 16.6 Å². The maximum atomic E-state index is 12.2. The predicted molar refractivity (Wildman–Crippen MR) is 77.4 cm³/mol. The summed E-state index contributed by atoms with van der Waals surface area (Å²) in [6.45, 7) is 1.86. The van der Waals surface area contributed by atoms with Crippen LogP contribution in [0.5, 0.6) is 0 Å². The molecule has 106 valence electrons. The van der Waals surface area contributed by atoms with Crippen LogP contribution in [0.15, 0.2) is 35.3 Å². The molecule has 1 aromatic carbocycles. The Labute approximate surface area is 118 Å². The van der Waals surface area contributed by atoms with Crippen LogP contribution in [0.25, 0.3) is 21.8 Å². The smallest absolute Gasteiger partial charge is 0.315 e. The first kappa shape index (κ1) is 13.0. The molecule has 0 saturated heterocycles. The third-order valence-corrected chi connectivity index (χ3v) is 3.35. The normalized spacial score (nSPS) is 11.0. The maximum absolute atomic E-state index is 12.2. The summed E-state index contributed by atoms with van der Waals surface area (Å²) in [5.74, 6) is 0. The minimum Gasteiger partial charge on any atom is -0.414 e. The summed E-state index contributed by atoms with van der Waals surface area (Å²) in [6, 6.07) is 7.13. The second kappa shape index (κ2) is 4.55. The van der Waals surface area contributed by atoms with Crippen LogP contribution in [-0.2, 0) is 0 Å². The molecule has 0 aliphatic heterocycles. The van der Waals surface area contributed by atoms with Crippen molar-refractivity contribution in [2.45, 2.75) is 6.92 Å². The number of nitro groups is 1. The third kappa shape index (κ3) is 1.90. The standard InChI is InChI=1S/C14H11N3O4/c1-8-4-3-5-9-6-10-13(15-12(8)9)11(17(19)20)7-16(21-2)14(10)18/h3-7H,1-2H3. The Morgan fingerprint density at radius 3 is 2.76 bits per heavy atom. The van der Waals surface area contributed by atoms with E-state index in [9.17, 15) is 14.9 Å². The molecule has 0 amide bonds. The van der Waals surface area contributed by atoms with E-state index in [1.807, 2.05) is 25.1 Å². The van der Waals surface area contributed by atoms with Crippen LogP contribution in [0.2, 0.25) is 0 Å². The van der Waals surface area contributed by atoms with Crippen LogP contribution in [0.4, 0.5) is 5.69 Å². The summed E-state index contributed by atoms with van der Waals surface area (Å²) >= 11 is 0. The molecule has 3 aromatic rings. The lowest BCUT2D eigenvalue weighted by Crippen LogP contribution is -2.25. The number of aromatic nitrogens is 2. The molecule has 0 fully saturated rings. The van der Waals surface area contributed by atoms with Crippen molar-refractivity contribution in [1.29, 1.82) is 0 Å². The van der Waals surface area contributed by atoms with Crippen molar-refractivity contribution >= 4 is 27.5 Å². The summed E-state index contributed by atoms with van der Waals surface area (Å²) in [6.07, 6.45) is 1.04. The minimum absolute atomic E-state index is 0.0695. The van der Waals surface area contributed by atoms with E-state index in [1.54, 1.807) is 6.07 Å². The molecule has 0 saturated carbocycles. The molecule has 2 aromatic heterocycles. The zero-order chi connectivity index (χ0) is 15.1. The second-order valence-corrected chi connectivity index (χ2v) is 4.62. The molecule has 0 spiro atoms. The molecular weight excluding hydrogens is 274 g/mol. The van der Waals surface area contributed by atoms with E-state index < -0.39 is 10.5 Å². The van der Waals surface area contributed by atoms with Gasteiger partial charge < -0.3 is 4.84 Å². The van der Waals surface area contributed by atoms with E-state index in [0.717, 1.165) is 21.9 Å². The fourth-order valence-electron chi connectivity index (χ4n) is 2.32. The van der Waals surface area contributed by atoms with Crippen molar-refractivity contribution < 1.29 is 9.76 Å². The number of aryl methyl sites for hydroxylation is 1. The van der Waals surface area contributed by atoms with Gasteiger partial charge in [0.15, 0.2) is 5.52 Å². The van der Waals surface area contributed by atoms with Crippen molar-refractivity contribution in [3.63, 3.8) is 0 Å². The number of benzene rings is 1. The summed E-state index contributed by atoms with van der Waals surface area (Å²) in [4.78, 5) is 32.0. The molecular formula is C14H11N3O4. The zero-order valence-electron chi connectivity index (χ0n) is 11.4. The van der Waals surface area contributed by atoms with Crippen molar-refractivity contribution in [2.75, 3.05) is 7.11 Å². The Morgan fingerprint density at radius 2 is 2.10 bits per heavy atom. The van der Waals surface area contributed by atoms with Crippen LogP contribution in [0, 0.1) is 17.0 Å². The second-order valence-electron chi connectivity index (χ2n) is 4.62.